The van der Waals surface area contributed by atoms with Gasteiger partial charge in [-0.1, -0.05) is 30.3 Å². The van der Waals surface area contributed by atoms with Crippen LogP contribution in [0, 0.1) is 0 Å². The zero-order valence-electron chi connectivity index (χ0n) is 15.3. The molecule has 0 saturated carbocycles. The average Bonchev–Trinajstić information content (AvgIpc) is 3.23. The summed E-state index contributed by atoms with van der Waals surface area (Å²) in [6.07, 6.45) is -0.244. The van der Waals surface area contributed by atoms with Gasteiger partial charge < -0.3 is 9.64 Å². The number of hydrogen-bond acceptors (Lipinski definition) is 5. The first-order valence-corrected chi connectivity index (χ1v) is 9.01. The number of hydrogen-bond donors (Lipinski definition) is 0. The summed E-state index contributed by atoms with van der Waals surface area (Å²) in [5, 5.41) is 0. The molecule has 0 bridgehead atoms. The summed E-state index contributed by atoms with van der Waals surface area (Å²) in [7, 11) is 0. The first-order chi connectivity index (χ1) is 13.5. The van der Waals surface area contributed by atoms with E-state index in [0.29, 0.717) is 12.2 Å². The summed E-state index contributed by atoms with van der Waals surface area (Å²) >= 11 is 0. The fourth-order valence-corrected chi connectivity index (χ4v) is 3.61. The molecule has 0 aromatic heterocycles. The van der Waals surface area contributed by atoms with E-state index in [9.17, 15) is 19.2 Å². The fourth-order valence-electron chi connectivity index (χ4n) is 3.61. The first-order valence-electron chi connectivity index (χ1n) is 9.01. The van der Waals surface area contributed by atoms with Gasteiger partial charge in [0, 0.05) is 12.2 Å². The lowest BCUT2D eigenvalue weighted by Gasteiger charge is -2.22. The van der Waals surface area contributed by atoms with Gasteiger partial charge in [-0.2, -0.15) is 0 Å². The van der Waals surface area contributed by atoms with Crippen molar-refractivity contribution in [2.75, 3.05) is 22.9 Å². The molecule has 7 heteroatoms. The van der Waals surface area contributed by atoms with Gasteiger partial charge in [0.05, 0.1) is 11.3 Å². The van der Waals surface area contributed by atoms with Crippen LogP contribution in [0.15, 0.2) is 48.5 Å². The second-order valence-corrected chi connectivity index (χ2v) is 6.74. The Bertz CT molecular complexity index is 1000. The first kappa shape index (κ1) is 17.9. The van der Waals surface area contributed by atoms with Crippen molar-refractivity contribution in [2.45, 2.75) is 19.4 Å². The Labute approximate surface area is 161 Å². The standard InChI is InChI=1S/C21H18N2O5/c1-13(20(26)22-11-10-14-6-2-4-8-16(14)22)28-18(24)12-23-17-9-5-3-7-15(17)19(25)21(23)27/h2-9,13H,10-12H2,1H3/t13-/m0/s1. The van der Waals surface area contributed by atoms with Gasteiger partial charge >= 0.3 is 5.97 Å². The molecular formula is C21H18N2O5. The fraction of sp³-hybridized carbons (Fsp3) is 0.238. The number of carbonyl (C=O) groups excluding carboxylic acids is 4. The van der Waals surface area contributed by atoms with Crippen molar-refractivity contribution >= 4 is 34.9 Å². The van der Waals surface area contributed by atoms with Crippen LogP contribution in [0.5, 0.6) is 0 Å². The van der Waals surface area contributed by atoms with Crippen LogP contribution in [0.3, 0.4) is 0 Å². The number of benzene rings is 2. The lowest BCUT2D eigenvalue weighted by Crippen LogP contribution is -2.42. The van der Waals surface area contributed by atoms with E-state index < -0.39 is 30.3 Å². The third-order valence-electron chi connectivity index (χ3n) is 4.98. The monoisotopic (exact) mass is 378 g/mol. The Kier molecular flexibility index (Phi) is 4.43. The molecule has 2 aromatic carbocycles. The Morgan fingerprint density at radius 3 is 2.50 bits per heavy atom. The summed E-state index contributed by atoms with van der Waals surface area (Å²) in [5.74, 6) is -2.49. The van der Waals surface area contributed by atoms with E-state index in [1.54, 1.807) is 23.1 Å². The van der Waals surface area contributed by atoms with Crippen molar-refractivity contribution in [3.05, 3.63) is 59.7 Å². The second-order valence-electron chi connectivity index (χ2n) is 6.74. The summed E-state index contributed by atoms with van der Waals surface area (Å²) in [5.41, 5.74) is 2.54. The molecule has 2 aliphatic heterocycles. The van der Waals surface area contributed by atoms with Crippen LogP contribution >= 0.6 is 0 Å². The minimum absolute atomic E-state index is 0.262. The van der Waals surface area contributed by atoms with Gasteiger partial charge in [-0.3, -0.25) is 24.1 Å². The van der Waals surface area contributed by atoms with E-state index in [1.807, 2.05) is 24.3 Å². The SMILES string of the molecule is C[C@H](OC(=O)CN1C(=O)C(=O)c2ccccc21)C(=O)N1CCc2ccccc21. The number of carbonyl (C=O) groups is 4. The zero-order valence-corrected chi connectivity index (χ0v) is 15.3. The Morgan fingerprint density at radius 2 is 1.71 bits per heavy atom. The molecule has 2 aliphatic rings. The molecule has 28 heavy (non-hydrogen) atoms. The van der Waals surface area contributed by atoms with E-state index in [-0.39, 0.29) is 11.5 Å². The van der Waals surface area contributed by atoms with Gasteiger partial charge in [0.1, 0.15) is 6.54 Å². The Balaban J connectivity index is 1.43. The maximum atomic E-state index is 12.7. The molecule has 2 heterocycles. The Morgan fingerprint density at radius 1 is 1.04 bits per heavy atom. The topological polar surface area (TPSA) is 84.0 Å². The third-order valence-corrected chi connectivity index (χ3v) is 4.98. The van der Waals surface area contributed by atoms with Gasteiger partial charge in [-0.25, -0.2) is 0 Å². The highest BCUT2D eigenvalue weighted by atomic mass is 16.5. The van der Waals surface area contributed by atoms with Crippen LogP contribution in [0.4, 0.5) is 11.4 Å². The van der Waals surface area contributed by atoms with Crippen LogP contribution in [-0.4, -0.2) is 42.8 Å². The molecule has 1 atom stereocenters. The molecule has 4 rings (SSSR count). The number of anilines is 2. The minimum Gasteiger partial charge on any atom is -0.451 e. The number of esters is 1. The number of ketones is 1. The zero-order chi connectivity index (χ0) is 19.8. The Hall–Kier alpha value is -3.48. The molecule has 0 spiro atoms. The maximum Gasteiger partial charge on any atom is 0.326 e. The predicted octanol–water partition coefficient (Wildman–Crippen LogP) is 1.74. The molecule has 0 aliphatic carbocycles. The molecular weight excluding hydrogens is 360 g/mol. The summed E-state index contributed by atoms with van der Waals surface area (Å²) in [6.45, 7) is 1.62. The van der Waals surface area contributed by atoms with Crippen LogP contribution in [0.2, 0.25) is 0 Å². The summed E-state index contributed by atoms with van der Waals surface area (Å²) in [4.78, 5) is 51.9. The quantitative estimate of drug-likeness (QED) is 0.598. The van der Waals surface area contributed by atoms with Gasteiger partial charge in [-0.05, 0) is 37.1 Å². The largest absolute Gasteiger partial charge is 0.451 e. The molecule has 7 nitrogen and oxygen atoms in total. The van der Waals surface area contributed by atoms with Gasteiger partial charge in [0.2, 0.25) is 0 Å². The second kappa shape index (κ2) is 6.92. The van der Waals surface area contributed by atoms with Crippen molar-refractivity contribution in [1.29, 1.82) is 0 Å². The summed E-state index contributed by atoms with van der Waals surface area (Å²) < 4.78 is 5.26. The van der Waals surface area contributed by atoms with Crippen molar-refractivity contribution in [2.24, 2.45) is 0 Å². The van der Waals surface area contributed by atoms with E-state index in [4.69, 9.17) is 4.74 Å². The maximum absolute atomic E-state index is 12.7. The van der Waals surface area contributed by atoms with E-state index in [1.165, 1.54) is 13.0 Å². The predicted molar refractivity (Wildman–Crippen MR) is 101 cm³/mol. The number of Topliss-reactive ketones (excluding diaryl/α,β-unsaturated/α-hetero) is 1. The van der Waals surface area contributed by atoms with Gasteiger partial charge in [0.25, 0.3) is 17.6 Å². The van der Waals surface area contributed by atoms with Crippen LogP contribution in [0.1, 0.15) is 22.8 Å². The highest BCUT2D eigenvalue weighted by molar-refractivity contribution is 6.52. The van der Waals surface area contributed by atoms with Crippen LogP contribution < -0.4 is 9.80 Å². The highest BCUT2D eigenvalue weighted by Crippen LogP contribution is 2.29. The summed E-state index contributed by atoms with van der Waals surface area (Å²) in [6, 6.07) is 14.1. The number of nitrogens with zero attached hydrogens (tertiary/aromatic N) is 2. The number of amides is 2. The minimum atomic E-state index is -0.998. The van der Waals surface area contributed by atoms with Gasteiger partial charge in [-0.15, -0.1) is 0 Å². The molecule has 0 fully saturated rings. The number of fused-ring (bicyclic) bond motifs is 2. The van der Waals surface area contributed by atoms with Crippen molar-refractivity contribution < 1.29 is 23.9 Å². The average molecular weight is 378 g/mol. The number of ether oxygens (including phenoxy) is 1. The van der Waals surface area contributed by atoms with Crippen LogP contribution in [-0.2, 0) is 25.5 Å². The highest BCUT2D eigenvalue weighted by Gasteiger charge is 2.37. The lowest BCUT2D eigenvalue weighted by atomic mass is 10.1. The normalized spacial score (nSPS) is 16.0. The van der Waals surface area contributed by atoms with E-state index in [0.717, 1.165) is 22.6 Å². The lowest BCUT2D eigenvalue weighted by molar-refractivity contribution is -0.152. The van der Waals surface area contributed by atoms with Crippen molar-refractivity contribution in [3.63, 3.8) is 0 Å². The van der Waals surface area contributed by atoms with Crippen LogP contribution in [0.25, 0.3) is 0 Å². The van der Waals surface area contributed by atoms with Gasteiger partial charge in [0.15, 0.2) is 6.10 Å². The molecule has 0 radical (unpaired) electrons. The molecule has 0 N–H and O–H groups in total. The van der Waals surface area contributed by atoms with Crippen molar-refractivity contribution in [1.82, 2.24) is 0 Å². The third kappa shape index (κ3) is 2.94. The number of para-hydroxylation sites is 2. The molecule has 2 amide bonds. The van der Waals surface area contributed by atoms with Crippen molar-refractivity contribution in [3.8, 4) is 0 Å². The number of rotatable bonds is 4. The molecule has 0 unspecified atom stereocenters. The van der Waals surface area contributed by atoms with E-state index >= 15 is 0 Å². The van der Waals surface area contributed by atoms with E-state index in [2.05, 4.69) is 0 Å². The molecule has 0 saturated heterocycles. The molecule has 2 aromatic rings. The smallest absolute Gasteiger partial charge is 0.326 e. The molecule has 142 valence electrons.